The number of nitrogens with one attached hydrogen (secondary N) is 2. The van der Waals surface area contributed by atoms with Gasteiger partial charge in [0.25, 0.3) is 10.0 Å². The lowest BCUT2D eigenvalue weighted by Gasteiger charge is -2.09. The minimum absolute atomic E-state index is 0.105. The van der Waals surface area contributed by atoms with Gasteiger partial charge in [0.05, 0.1) is 12.0 Å². The molecule has 3 aromatic rings. The number of methoxy groups -OCH3 is 1. The van der Waals surface area contributed by atoms with Crippen LogP contribution in [-0.4, -0.2) is 21.4 Å². The predicted molar refractivity (Wildman–Crippen MR) is 114 cm³/mol. The zero-order valence-electron chi connectivity index (χ0n) is 15.7. The van der Waals surface area contributed by atoms with Crippen LogP contribution < -0.4 is 14.8 Å². The van der Waals surface area contributed by atoms with Crippen LogP contribution in [0.1, 0.15) is 5.56 Å². The van der Waals surface area contributed by atoms with Gasteiger partial charge in [0.1, 0.15) is 5.75 Å². The first-order chi connectivity index (χ1) is 14.0. The number of amides is 1. The highest BCUT2D eigenvalue weighted by atomic mass is 32.2. The molecule has 0 bridgehead atoms. The number of hydrogen-bond acceptors (Lipinski definition) is 4. The van der Waals surface area contributed by atoms with Crippen molar-refractivity contribution in [3.05, 3.63) is 90.5 Å². The van der Waals surface area contributed by atoms with Gasteiger partial charge in [-0.3, -0.25) is 9.52 Å². The monoisotopic (exact) mass is 408 g/mol. The average molecular weight is 408 g/mol. The van der Waals surface area contributed by atoms with Gasteiger partial charge in [-0.05, 0) is 60.2 Å². The highest BCUT2D eigenvalue weighted by Crippen LogP contribution is 2.18. The van der Waals surface area contributed by atoms with Gasteiger partial charge in [0.2, 0.25) is 5.91 Å². The molecule has 6 nitrogen and oxygen atoms in total. The number of rotatable bonds is 7. The Labute approximate surface area is 169 Å². The second-order valence-corrected chi connectivity index (χ2v) is 7.77. The summed E-state index contributed by atoms with van der Waals surface area (Å²) in [6.45, 7) is 0. The van der Waals surface area contributed by atoms with Crippen LogP contribution in [0.25, 0.3) is 6.08 Å². The highest BCUT2D eigenvalue weighted by Gasteiger charge is 2.14. The van der Waals surface area contributed by atoms with Gasteiger partial charge < -0.3 is 10.1 Å². The molecule has 0 fully saturated rings. The van der Waals surface area contributed by atoms with E-state index in [1.807, 2.05) is 12.1 Å². The molecule has 0 heterocycles. The molecular weight excluding hydrogens is 388 g/mol. The first kappa shape index (κ1) is 20.2. The lowest BCUT2D eigenvalue weighted by Crippen LogP contribution is -2.13. The van der Waals surface area contributed by atoms with Crippen LogP contribution in [0, 0.1) is 0 Å². The van der Waals surface area contributed by atoms with E-state index < -0.39 is 10.0 Å². The fraction of sp³-hybridized carbons (Fsp3) is 0.0455. The predicted octanol–water partition coefficient (Wildman–Crippen LogP) is 4.15. The molecule has 0 aliphatic heterocycles. The van der Waals surface area contributed by atoms with E-state index in [0.29, 0.717) is 11.4 Å². The summed E-state index contributed by atoms with van der Waals surface area (Å²) >= 11 is 0. The van der Waals surface area contributed by atoms with Crippen LogP contribution in [0.5, 0.6) is 5.75 Å². The lowest BCUT2D eigenvalue weighted by atomic mass is 10.2. The van der Waals surface area contributed by atoms with E-state index in [-0.39, 0.29) is 10.8 Å². The number of carbonyl (C=O) groups excluding carboxylic acids is 1. The van der Waals surface area contributed by atoms with Crippen molar-refractivity contribution in [2.24, 2.45) is 0 Å². The van der Waals surface area contributed by atoms with Crippen LogP contribution in [0.4, 0.5) is 11.4 Å². The molecule has 0 aromatic heterocycles. The Bertz CT molecular complexity index is 1090. The summed E-state index contributed by atoms with van der Waals surface area (Å²) in [5, 5.41) is 2.70. The van der Waals surface area contributed by atoms with Crippen LogP contribution >= 0.6 is 0 Å². The minimum Gasteiger partial charge on any atom is -0.497 e. The third kappa shape index (κ3) is 5.70. The van der Waals surface area contributed by atoms with Crippen molar-refractivity contribution < 1.29 is 17.9 Å². The average Bonchev–Trinajstić information content (AvgIpc) is 2.73. The number of carbonyl (C=O) groups is 1. The number of benzene rings is 3. The van der Waals surface area contributed by atoms with Crippen molar-refractivity contribution in [1.29, 1.82) is 0 Å². The number of hydrogen-bond donors (Lipinski definition) is 2. The molecule has 1 amide bonds. The maximum Gasteiger partial charge on any atom is 0.261 e. The summed E-state index contributed by atoms with van der Waals surface area (Å²) in [7, 11) is -2.11. The Hall–Kier alpha value is -3.58. The van der Waals surface area contributed by atoms with Crippen molar-refractivity contribution in [1.82, 2.24) is 0 Å². The second kappa shape index (κ2) is 9.07. The third-order valence-electron chi connectivity index (χ3n) is 4.00. The van der Waals surface area contributed by atoms with Gasteiger partial charge in [-0.25, -0.2) is 8.42 Å². The molecule has 0 atom stereocenters. The summed E-state index contributed by atoms with van der Waals surface area (Å²) < 4.78 is 32.4. The molecule has 3 aromatic carbocycles. The Balaban J connectivity index is 1.62. The van der Waals surface area contributed by atoms with E-state index >= 15 is 0 Å². The number of anilines is 2. The van der Waals surface area contributed by atoms with Crippen molar-refractivity contribution >= 4 is 33.4 Å². The van der Waals surface area contributed by atoms with E-state index in [4.69, 9.17) is 4.74 Å². The molecule has 0 aliphatic rings. The fourth-order valence-corrected chi connectivity index (χ4v) is 3.57. The minimum atomic E-state index is -3.70. The van der Waals surface area contributed by atoms with E-state index in [9.17, 15) is 13.2 Å². The molecule has 0 radical (unpaired) electrons. The van der Waals surface area contributed by atoms with Gasteiger partial charge in [-0.1, -0.05) is 30.3 Å². The Kier molecular flexibility index (Phi) is 6.31. The largest absolute Gasteiger partial charge is 0.497 e. The van der Waals surface area contributed by atoms with E-state index in [2.05, 4.69) is 10.0 Å². The molecule has 0 saturated heterocycles. The van der Waals surface area contributed by atoms with Crippen molar-refractivity contribution in [3.63, 3.8) is 0 Å². The smallest absolute Gasteiger partial charge is 0.261 e. The normalized spacial score (nSPS) is 11.2. The SMILES string of the molecule is COc1ccc(C=CC(=O)Nc2ccc(S(=O)(=O)Nc3ccccc3)cc2)cc1. The molecule has 7 heteroatoms. The number of sulfonamides is 1. The first-order valence-electron chi connectivity index (χ1n) is 8.77. The Morgan fingerprint density at radius 3 is 2.14 bits per heavy atom. The molecular formula is C22H20N2O4S. The quantitative estimate of drug-likeness (QED) is 0.575. The maximum atomic E-state index is 12.4. The molecule has 2 N–H and O–H groups in total. The van der Waals surface area contributed by atoms with Crippen LogP contribution in [0.15, 0.2) is 89.8 Å². The van der Waals surface area contributed by atoms with Gasteiger partial charge in [-0.2, -0.15) is 0 Å². The van der Waals surface area contributed by atoms with E-state index in [1.165, 1.54) is 18.2 Å². The highest BCUT2D eigenvalue weighted by molar-refractivity contribution is 7.92. The summed E-state index contributed by atoms with van der Waals surface area (Å²) in [6, 6.07) is 21.9. The Morgan fingerprint density at radius 1 is 0.862 bits per heavy atom. The van der Waals surface area contributed by atoms with Gasteiger partial charge >= 0.3 is 0 Å². The standard InChI is InChI=1S/C22H20N2O4S/c1-28-20-12-7-17(8-13-20)9-16-22(25)23-18-10-14-21(15-11-18)29(26,27)24-19-5-3-2-4-6-19/h2-16,24H,1H3,(H,23,25). The zero-order valence-corrected chi connectivity index (χ0v) is 16.5. The summed E-state index contributed by atoms with van der Waals surface area (Å²) in [6.07, 6.45) is 3.08. The van der Waals surface area contributed by atoms with Crippen LogP contribution in [-0.2, 0) is 14.8 Å². The molecule has 29 heavy (non-hydrogen) atoms. The molecule has 0 unspecified atom stereocenters. The summed E-state index contributed by atoms with van der Waals surface area (Å²) in [5.74, 6) is 0.419. The summed E-state index contributed by atoms with van der Waals surface area (Å²) in [5.41, 5.74) is 1.83. The zero-order chi connectivity index (χ0) is 20.7. The first-order valence-corrected chi connectivity index (χ1v) is 10.3. The lowest BCUT2D eigenvalue weighted by molar-refractivity contribution is -0.111. The van der Waals surface area contributed by atoms with Crippen molar-refractivity contribution in [2.45, 2.75) is 4.90 Å². The molecule has 3 rings (SSSR count). The maximum absolute atomic E-state index is 12.4. The van der Waals surface area contributed by atoms with Gasteiger partial charge in [0.15, 0.2) is 0 Å². The van der Waals surface area contributed by atoms with Crippen LogP contribution in [0.2, 0.25) is 0 Å². The number of para-hydroxylation sites is 1. The van der Waals surface area contributed by atoms with Crippen LogP contribution in [0.3, 0.4) is 0 Å². The van der Waals surface area contributed by atoms with Gasteiger partial charge in [0, 0.05) is 17.5 Å². The fourth-order valence-electron chi connectivity index (χ4n) is 2.51. The van der Waals surface area contributed by atoms with E-state index in [0.717, 1.165) is 11.3 Å². The van der Waals surface area contributed by atoms with Crippen molar-refractivity contribution in [2.75, 3.05) is 17.1 Å². The second-order valence-electron chi connectivity index (χ2n) is 6.09. The molecule has 148 valence electrons. The van der Waals surface area contributed by atoms with Crippen molar-refractivity contribution in [3.8, 4) is 5.75 Å². The molecule has 0 aliphatic carbocycles. The topological polar surface area (TPSA) is 84.5 Å². The molecule has 0 spiro atoms. The number of ether oxygens (including phenoxy) is 1. The third-order valence-corrected chi connectivity index (χ3v) is 5.40. The van der Waals surface area contributed by atoms with E-state index in [1.54, 1.807) is 67.8 Å². The Morgan fingerprint density at radius 2 is 1.52 bits per heavy atom. The summed E-state index contributed by atoms with van der Waals surface area (Å²) in [4.78, 5) is 12.2. The van der Waals surface area contributed by atoms with Gasteiger partial charge in [-0.15, -0.1) is 0 Å². The molecule has 0 saturated carbocycles.